The molecule has 0 spiro atoms. The molecule has 5 aromatic rings. The second kappa shape index (κ2) is 16.3. The molecule has 3 radical (unpaired) electrons. The topological polar surface area (TPSA) is 0 Å². The molecule has 7 rings (SSSR count). The summed E-state index contributed by atoms with van der Waals surface area (Å²) < 4.78 is 0. The van der Waals surface area contributed by atoms with Crippen LogP contribution in [0.15, 0.2) is 114 Å². The molecule has 0 N–H and O–H groups in total. The van der Waals surface area contributed by atoms with Gasteiger partial charge < -0.3 is 24.8 Å². The average Bonchev–Trinajstić information content (AvgIpc) is 3.51. The van der Waals surface area contributed by atoms with E-state index in [1.807, 2.05) is 6.07 Å². The predicted octanol–water partition coefficient (Wildman–Crippen LogP) is 2.81. The zero-order valence-electron chi connectivity index (χ0n) is 22.9. The number of hydrogen-bond donors (Lipinski definition) is 0. The van der Waals surface area contributed by atoms with E-state index in [2.05, 4.69) is 133 Å². The Labute approximate surface area is 274 Å². The minimum absolute atomic E-state index is 0. The monoisotopic (exact) mass is 651 g/mol. The maximum atomic E-state index is 3.46. The van der Waals surface area contributed by atoms with Crippen molar-refractivity contribution in [3.8, 4) is 0 Å². The number of fused-ring (bicyclic) bond motifs is 6. The Morgan fingerprint density at radius 2 is 1.00 bits per heavy atom. The van der Waals surface area contributed by atoms with Crippen molar-refractivity contribution in [3.63, 3.8) is 0 Å². The van der Waals surface area contributed by atoms with Crippen LogP contribution >= 0.6 is 0 Å². The summed E-state index contributed by atoms with van der Waals surface area (Å²) in [7, 11) is 3.43. The Morgan fingerprint density at radius 1 is 0.575 bits per heavy atom. The Kier molecular flexibility index (Phi) is 13.8. The van der Waals surface area contributed by atoms with Gasteiger partial charge in [0.1, 0.15) is 0 Å². The third-order valence-electron chi connectivity index (χ3n) is 6.88. The first-order valence-corrected chi connectivity index (χ1v) is 13.7. The first kappa shape index (κ1) is 34.0. The van der Waals surface area contributed by atoms with Gasteiger partial charge in [0.05, 0.1) is 0 Å². The molecular formula is C36H31Cl2SiZr. The molecule has 0 fully saturated rings. The summed E-state index contributed by atoms with van der Waals surface area (Å²) in [4.78, 5) is 0. The Balaban J connectivity index is 0.000000208. The largest absolute Gasteiger partial charge is 4.00 e. The fourth-order valence-electron chi connectivity index (χ4n) is 5.10. The van der Waals surface area contributed by atoms with Crippen LogP contribution in [-0.4, -0.2) is 10.2 Å². The molecule has 0 saturated carbocycles. The van der Waals surface area contributed by atoms with Crippen LogP contribution in [0.3, 0.4) is 0 Å². The summed E-state index contributed by atoms with van der Waals surface area (Å²) in [6, 6.07) is 37.4. The van der Waals surface area contributed by atoms with E-state index >= 15 is 0 Å². The van der Waals surface area contributed by atoms with E-state index in [1.54, 1.807) is 0 Å². The summed E-state index contributed by atoms with van der Waals surface area (Å²) in [5.74, 6) is 0. The quantitative estimate of drug-likeness (QED) is 0.203. The van der Waals surface area contributed by atoms with Crippen molar-refractivity contribution >= 4 is 31.8 Å². The van der Waals surface area contributed by atoms with Crippen LogP contribution in [0.25, 0.3) is 21.5 Å². The zero-order valence-corrected chi connectivity index (χ0v) is 27.9. The van der Waals surface area contributed by atoms with Crippen molar-refractivity contribution in [2.45, 2.75) is 39.2 Å². The van der Waals surface area contributed by atoms with Gasteiger partial charge in [-0.1, -0.05) is 122 Å². The molecule has 2 aliphatic carbocycles. The molecule has 0 amide bonds. The van der Waals surface area contributed by atoms with E-state index in [0.29, 0.717) is 0 Å². The normalized spacial score (nSPS) is 12.1. The van der Waals surface area contributed by atoms with Crippen molar-refractivity contribution in [1.82, 2.24) is 0 Å². The number of allylic oxidation sites excluding steroid dienone is 2. The van der Waals surface area contributed by atoms with Crippen LogP contribution in [0, 0.1) is 12.2 Å². The SMILES string of the molecule is CC1=[C-]c2c(ccc3ccccc23)C1.CC1=[C-]c2c(ccc3ccccc23)C1.[Cl-].[Cl-].[Si]CCc1ccccc1.[Zr+4]. The zero-order chi connectivity index (χ0) is 25.6. The summed E-state index contributed by atoms with van der Waals surface area (Å²) in [5.41, 5.74) is 9.53. The number of benzene rings is 5. The summed E-state index contributed by atoms with van der Waals surface area (Å²) in [6.07, 6.45) is 10.2. The Hall–Kier alpha value is -2.22. The first-order chi connectivity index (χ1) is 18.1. The molecular weight excluding hydrogens is 623 g/mol. The molecule has 0 nitrogen and oxygen atoms in total. The molecule has 0 aromatic heterocycles. The fraction of sp³-hybridized carbons (Fsp3) is 0.167. The first-order valence-electron chi connectivity index (χ1n) is 13.0. The van der Waals surface area contributed by atoms with Gasteiger partial charge in [-0.15, -0.1) is 57.3 Å². The van der Waals surface area contributed by atoms with E-state index in [1.165, 1.54) is 60.5 Å². The summed E-state index contributed by atoms with van der Waals surface area (Å²) in [6.45, 7) is 4.30. The molecule has 0 atom stereocenters. The second-order valence-electron chi connectivity index (χ2n) is 9.79. The van der Waals surface area contributed by atoms with E-state index in [0.717, 1.165) is 25.3 Å². The van der Waals surface area contributed by atoms with E-state index < -0.39 is 0 Å². The van der Waals surface area contributed by atoms with Crippen molar-refractivity contribution in [2.75, 3.05) is 0 Å². The minimum atomic E-state index is 0. The van der Waals surface area contributed by atoms with Gasteiger partial charge in [0.25, 0.3) is 0 Å². The molecule has 0 heterocycles. The van der Waals surface area contributed by atoms with Gasteiger partial charge in [-0.3, -0.25) is 0 Å². The Morgan fingerprint density at radius 3 is 1.45 bits per heavy atom. The van der Waals surface area contributed by atoms with Gasteiger partial charge in [-0.2, -0.15) is 23.3 Å². The molecule has 2 aliphatic rings. The molecule has 5 aromatic carbocycles. The molecule has 4 heteroatoms. The second-order valence-corrected chi connectivity index (χ2v) is 10.3. The van der Waals surface area contributed by atoms with Crippen LogP contribution in [0.5, 0.6) is 0 Å². The van der Waals surface area contributed by atoms with Crippen LogP contribution in [0.1, 0.15) is 41.7 Å². The van der Waals surface area contributed by atoms with Gasteiger partial charge in [0.15, 0.2) is 0 Å². The van der Waals surface area contributed by atoms with Gasteiger partial charge in [0, 0.05) is 10.2 Å². The van der Waals surface area contributed by atoms with Crippen molar-refractivity contribution in [3.05, 3.63) is 154 Å². The molecule has 0 aliphatic heterocycles. The third kappa shape index (κ3) is 8.17. The van der Waals surface area contributed by atoms with Crippen LogP contribution < -0.4 is 24.8 Å². The van der Waals surface area contributed by atoms with Crippen LogP contribution in [0.2, 0.25) is 6.04 Å². The van der Waals surface area contributed by atoms with E-state index in [9.17, 15) is 0 Å². The van der Waals surface area contributed by atoms with Gasteiger partial charge in [-0.25, -0.2) is 0 Å². The van der Waals surface area contributed by atoms with Crippen LogP contribution in [-0.2, 0) is 45.5 Å². The van der Waals surface area contributed by atoms with Gasteiger partial charge in [-0.05, 0) is 12.0 Å². The molecule has 0 saturated heterocycles. The van der Waals surface area contributed by atoms with Crippen LogP contribution in [0.4, 0.5) is 0 Å². The molecule has 40 heavy (non-hydrogen) atoms. The van der Waals surface area contributed by atoms with E-state index in [4.69, 9.17) is 0 Å². The smallest absolute Gasteiger partial charge is 1.00 e. The average molecular weight is 654 g/mol. The maximum Gasteiger partial charge on any atom is 4.00 e. The maximum absolute atomic E-state index is 3.46. The molecule has 0 unspecified atom stereocenters. The number of rotatable bonds is 2. The standard InChI is InChI=1S/2C14H11.C8H9Si.2ClH.Zr/c2*1-10-8-12-7-6-11-4-2-3-5-13(11)14(12)9-10;9-7-6-8-4-2-1-3-5-8;;;/h2*2-7H,8H2,1H3;1-5H,6-7H2;2*1H;/q2*-1;;;;+4/p-2. The molecule has 0 bridgehead atoms. The Bertz CT molecular complexity index is 1500. The van der Waals surface area contributed by atoms with Crippen molar-refractivity contribution < 1.29 is 51.0 Å². The summed E-state index contributed by atoms with van der Waals surface area (Å²) in [5, 5.41) is 5.30. The number of hydrogen-bond acceptors (Lipinski definition) is 0. The van der Waals surface area contributed by atoms with Crippen molar-refractivity contribution in [1.29, 1.82) is 0 Å². The fourth-order valence-corrected chi connectivity index (χ4v) is 5.39. The number of halogens is 2. The number of aryl methyl sites for hydroxylation is 1. The van der Waals surface area contributed by atoms with E-state index in [-0.39, 0.29) is 51.0 Å². The van der Waals surface area contributed by atoms with Crippen molar-refractivity contribution in [2.24, 2.45) is 0 Å². The predicted molar refractivity (Wildman–Crippen MR) is 159 cm³/mol. The van der Waals surface area contributed by atoms with Gasteiger partial charge in [0.2, 0.25) is 0 Å². The van der Waals surface area contributed by atoms with Gasteiger partial charge >= 0.3 is 26.2 Å². The molecule has 197 valence electrons. The summed E-state index contributed by atoms with van der Waals surface area (Å²) >= 11 is 0. The minimum Gasteiger partial charge on any atom is -1.00 e. The third-order valence-corrected chi connectivity index (χ3v) is 7.13.